The quantitative estimate of drug-likeness (QED) is 0.622. The molecule has 2 aromatic heterocycles. The third kappa shape index (κ3) is 3.42. The van der Waals surface area contributed by atoms with E-state index in [1.807, 2.05) is 28.8 Å². The minimum absolute atomic E-state index is 0.329. The molecule has 0 amide bonds. The molecule has 0 aliphatic carbocycles. The lowest BCUT2D eigenvalue weighted by Gasteiger charge is -2.28. The lowest BCUT2D eigenvalue weighted by molar-refractivity contribution is 0.121. The van der Waals surface area contributed by atoms with Crippen LogP contribution in [-0.4, -0.2) is 52.1 Å². The van der Waals surface area contributed by atoms with Crippen LogP contribution in [0.25, 0.3) is 11.2 Å². The molecule has 0 unspecified atom stereocenters. The van der Waals surface area contributed by atoms with Crippen LogP contribution in [0.1, 0.15) is 5.56 Å². The molecule has 0 spiro atoms. The van der Waals surface area contributed by atoms with Crippen molar-refractivity contribution in [1.82, 2.24) is 18.7 Å². The molecule has 1 aliphatic rings. The van der Waals surface area contributed by atoms with E-state index in [4.69, 9.17) is 14.5 Å². The first-order valence-electron chi connectivity index (χ1n) is 9.63. The molecule has 4 rings (SSSR count). The van der Waals surface area contributed by atoms with Gasteiger partial charge >= 0.3 is 5.69 Å². The second-order valence-electron chi connectivity index (χ2n) is 7.14. The first kappa shape index (κ1) is 19.3. The number of morpholine rings is 1. The maximum absolute atomic E-state index is 12.9. The van der Waals surface area contributed by atoms with Gasteiger partial charge in [-0.3, -0.25) is 13.9 Å². The van der Waals surface area contributed by atoms with Crippen molar-refractivity contribution in [2.45, 2.75) is 13.0 Å². The van der Waals surface area contributed by atoms with Crippen LogP contribution in [0.3, 0.4) is 0 Å². The van der Waals surface area contributed by atoms with Crippen molar-refractivity contribution < 1.29 is 9.47 Å². The summed E-state index contributed by atoms with van der Waals surface area (Å²) in [5.74, 6) is 1.51. The summed E-state index contributed by atoms with van der Waals surface area (Å²) < 4.78 is 15.2. The number of benzene rings is 1. The highest BCUT2D eigenvalue weighted by atomic mass is 16.5. The van der Waals surface area contributed by atoms with Gasteiger partial charge in [-0.25, -0.2) is 4.79 Å². The van der Waals surface area contributed by atoms with Gasteiger partial charge in [0.05, 0.1) is 20.3 Å². The highest BCUT2D eigenvalue weighted by molar-refractivity contribution is 5.74. The van der Waals surface area contributed by atoms with E-state index >= 15 is 0 Å². The van der Waals surface area contributed by atoms with E-state index in [9.17, 15) is 9.59 Å². The fourth-order valence-electron chi connectivity index (χ4n) is 3.68. The summed E-state index contributed by atoms with van der Waals surface area (Å²) in [6.07, 6.45) is 0.721. The molecule has 3 aromatic rings. The van der Waals surface area contributed by atoms with Gasteiger partial charge in [0.25, 0.3) is 5.56 Å². The molecule has 0 atom stereocenters. The number of anilines is 1. The summed E-state index contributed by atoms with van der Waals surface area (Å²) in [7, 11) is 4.79. The monoisotopic (exact) mass is 399 g/mol. The zero-order chi connectivity index (χ0) is 20.5. The van der Waals surface area contributed by atoms with Gasteiger partial charge in [0, 0.05) is 33.7 Å². The normalized spacial score (nSPS) is 14.5. The largest absolute Gasteiger partial charge is 0.497 e. The molecule has 0 N–H and O–H groups in total. The second kappa shape index (κ2) is 7.75. The van der Waals surface area contributed by atoms with Crippen molar-refractivity contribution in [2.75, 3.05) is 38.3 Å². The lowest BCUT2D eigenvalue weighted by Crippen LogP contribution is -2.38. The standard InChI is InChI=1S/C20H25N5O4/c1-22-17-16(18(26)23(2)20(22)27)25(19(21-17)24-10-12-29-13-11-24)9-8-14-4-6-15(28-3)7-5-14/h4-7H,8-13H2,1-3H3. The van der Waals surface area contributed by atoms with Crippen LogP contribution in [0.2, 0.25) is 0 Å². The van der Waals surface area contributed by atoms with E-state index < -0.39 is 0 Å². The zero-order valence-corrected chi connectivity index (χ0v) is 16.9. The Morgan fingerprint density at radius 2 is 1.76 bits per heavy atom. The maximum Gasteiger partial charge on any atom is 0.332 e. The summed E-state index contributed by atoms with van der Waals surface area (Å²) in [6.45, 7) is 3.18. The van der Waals surface area contributed by atoms with Crippen molar-refractivity contribution in [2.24, 2.45) is 14.1 Å². The fraction of sp³-hybridized carbons (Fsp3) is 0.450. The van der Waals surface area contributed by atoms with Gasteiger partial charge in [0.2, 0.25) is 5.95 Å². The molecule has 0 bridgehead atoms. The van der Waals surface area contributed by atoms with Crippen molar-refractivity contribution in [3.63, 3.8) is 0 Å². The van der Waals surface area contributed by atoms with Gasteiger partial charge in [-0.05, 0) is 24.1 Å². The SMILES string of the molecule is COc1ccc(CCn2c(N3CCOCC3)nc3c2c(=O)n(C)c(=O)n3C)cc1. The smallest absolute Gasteiger partial charge is 0.332 e. The van der Waals surface area contributed by atoms with Crippen LogP contribution >= 0.6 is 0 Å². The number of aromatic nitrogens is 4. The van der Waals surface area contributed by atoms with Gasteiger partial charge in [0.15, 0.2) is 11.2 Å². The molecule has 3 heterocycles. The molecule has 1 aromatic carbocycles. The third-order valence-electron chi connectivity index (χ3n) is 5.40. The van der Waals surface area contributed by atoms with Gasteiger partial charge in [0.1, 0.15) is 5.75 Å². The van der Waals surface area contributed by atoms with Crippen LogP contribution < -0.4 is 20.9 Å². The molecule has 0 radical (unpaired) electrons. The Hall–Kier alpha value is -3.07. The molecule has 154 valence electrons. The Morgan fingerprint density at radius 1 is 1.07 bits per heavy atom. The topological polar surface area (TPSA) is 83.5 Å². The number of imidazole rings is 1. The van der Waals surface area contributed by atoms with E-state index in [-0.39, 0.29) is 11.2 Å². The summed E-state index contributed by atoms with van der Waals surface area (Å²) >= 11 is 0. The molecule has 9 heteroatoms. The van der Waals surface area contributed by atoms with Crippen LogP contribution in [-0.2, 0) is 31.8 Å². The molecular weight excluding hydrogens is 374 g/mol. The molecule has 1 aliphatic heterocycles. The van der Waals surface area contributed by atoms with Gasteiger partial charge in [-0.1, -0.05) is 12.1 Å². The first-order valence-corrected chi connectivity index (χ1v) is 9.63. The zero-order valence-electron chi connectivity index (χ0n) is 16.9. The molecule has 9 nitrogen and oxygen atoms in total. The van der Waals surface area contributed by atoms with E-state index in [2.05, 4.69) is 4.90 Å². The van der Waals surface area contributed by atoms with Gasteiger partial charge in [-0.2, -0.15) is 4.98 Å². The van der Waals surface area contributed by atoms with Crippen LogP contribution in [0.5, 0.6) is 5.75 Å². The summed E-state index contributed by atoms with van der Waals surface area (Å²) in [5.41, 5.74) is 1.28. The predicted molar refractivity (Wildman–Crippen MR) is 110 cm³/mol. The van der Waals surface area contributed by atoms with Crippen molar-refractivity contribution >= 4 is 17.1 Å². The van der Waals surface area contributed by atoms with Crippen molar-refractivity contribution in [1.29, 1.82) is 0 Å². The average molecular weight is 399 g/mol. The number of hydrogen-bond donors (Lipinski definition) is 0. The summed E-state index contributed by atoms with van der Waals surface area (Å²) in [4.78, 5) is 32.1. The minimum atomic E-state index is -0.379. The van der Waals surface area contributed by atoms with E-state index in [1.54, 1.807) is 14.2 Å². The fourth-order valence-corrected chi connectivity index (χ4v) is 3.68. The molecule has 1 fully saturated rings. The molecular formula is C20H25N5O4. The van der Waals surface area contributed by atoms with Crippen LogP contribution in [0, 0.1) is 0 Å². The van der Waals surface area contributed by atoms with E-state index in [0.29, 0.717) is 50.0 Å². The van der Waals surface area contributed by atoms with Crippen molar-refractivity contribution in [3.8, 4) is 5.75 Å². The highest BCUT2D eigenvalue weighted by Crippen LogP contribution is 2.22. The van der Waals surface area contributed by atoms with Crippen LogP contribution in [0.4, 0.5) is 5.95 Å². The minimum Gasteiger partial charge on any atom is -0.497 e. The lowest BCUT2D eigenvalue weighted by atomic mass is 10.1. The molecule has 1 saturated heterocycles. The number of nitrogens with zero attached hydrogens (tertiary/aromatic N) is 5. The Labute approximate surface area is 167 Å². The molecule has 0 saturated carbocycles. The van der Waals surface area contributed by atoms with Gasteiger partial charge in [-0.15, -0.1) is 0 Å². The Bertz CT molecular complexity index is 1140. The maximum atomic E-state index is 12.9. The number of fused-ring (bicyclic) bond motifs is 1. The number of hydrogen-bond acceptors (Lipinski definition) is 6. The molecule has 29 heavy (non-hydrogen) atoms. The van der Waals surface area contributed by atoms with Crippen LogP contribution in [0.15, 0.2) is 33.9 Å². The first-order chi connectivity index (χ1) is 14.0. The Balaban J connectivity index is 1.80. The Kier molecular flexibility index (Phi) is 5.14. The number of rotatable bonds is 5. The third-order valence-corrected chi connectivity index (χ3v) is 5.40. The number of aryl methyl sites for hydroxylation is 3. The average Bonchev–Trinajstić information content (AvgIpc) is 3.15. The van der Waals surface area contributed by atoms with Gasteiger partial charge < -0.3 is 18.9 Å². The summed E-state index contributed by atoms with van der Waals surface area (Å²) in [5, 5.41) is 0. The van der Waals surface area contributed by atoms with Crippen molar-refractivity contribution in [3.05, 3.63) is 50.7 Å². The Morgan fingerprint density at radius 3 is 2.41 bits per heavy atom. The highest BCUT2D eigenvalue weighted by Gasteiger charge is 2.23. The summed E-state index contributed by atoms with van der Waals surface area (Å²) in [6, 6.07) is 7.88. The number of ether oxygens (including phenoxy) is 2. The number of methoxy groups -OCH3 is 1. The van der Waals surface area contributed by atoms with E-state index in [1.165, 1.54) is 11.6 Å². The second-order valence-corrected chi connectivity index (χ2v) is 7.14. The van der Waals surface area contributed by atoms with E-state index in [0.717, 1.165) is 22.3 Å². The predicted octanol–water partition coefficient (Wildman–Crippen LogP) is 0.522.